The molecule has 4 heterocycles. The molecule has 3 aliphatic heterocycles. The van der Waals surface area contributed by atoms with Crippen molar-refractivity contribution in [3.8, 4) is 0 Å². The predicted octanol–water partition coefficient (Wildman–Crippen LogP) is 0.0313. The molecule has 27 heavy (non-hydrogen) atoms. The number of carbonyl (C=O) groups excluding carboxylic acids is 2. The molecule has 0 aromatic carbocycles. The van der Waals surface area contributed by atoms with Crippen LogP contribution in [0.15, 0.2) is 18.3 Å². The van der Waals surface area contributed by atoms with Crippen molar-refractivity contribution in [3.63, 3.8) is 0 Å². The molecule has 3 aliphatic rings. The number of likely N-dealkylation sites (tertiary alicyclic amines) is 1. The summed E-state index contributed by atoms with van der Waals surface area (Å²) in [6.45, 7) is 5.89. The number of ether oxygens (including phenoxy) is 2. The quantitative estimate of drug-likeness (QED) is 0.775. The number of aromatic nitrogens is 1. The van der Waals surface area contributed by atoms with Crippen LogP contribution in [0.5, 0.6) is 0 Å². The molecule has 0 spiro atoms. The largest absolute Gasteiger partial charge is 0.442 e. The zero-order valence-electron chi connectivity index (χ0n) is 15.2. The molecule has 0 aliphatic carbocycles. The molecule has 1 aromatic rings. The third kappa shape index (κ3) is 3.84. The maximum Gasteiger partial charge on any atom is 0.410 e. The summed E-state index contributed by atoms with van der Waals surface area (Å²) in [7, 11) is 0. The predicted molar refractivity (Wildman–Crippen MR) is 97.2 cm³/mol. The van der Waals surface area contributed by atoms with Crippen molar-refractivity contribution in [1.82, 2.24) is 19.7 Å². The summed E-state index contributed by atoms with van der Waals surface area (Å²) in [5.74, 6) is 0.208. The van der Waals surface area contributed by atoms with E-state index in [9.17, 15) is 9.59 Å². The molecule has 4 rings (SSSR count). The Bertz CT molecular complexity index is 709. The lowest BCUT2D eigenvalue weighted by molar-refractivity contribution is 0.0362. The van der Waals surface area contributed by atoms with Gasteiger partial charge in [-0.05, 0) is 18.6 Å². The number of amides is 2. The number of fused-ring (bicyclic) bond motifs is 1. The molecule has 9 heteroatoms. The highest BCUT2D eigenvalue weighted by Crippen LogP contribution is 2.28. The minimum absolute atomic E-state index is 0.0784. The van der Waals surface area contributed by atoms with Crippen molar-refractivity contribution >= 4 is 17.8 Å². The number of carbonyl (C=O) groups is 2. The second kappa shape index (κ2) is 7.69. The summed E-state index contributed by atoms with van der Waals surface area (Å²) >= 11 is 0. The van der Waals surface area contributed by atoms with Crippen molar-refractivity contribution in [1.29, 1.82) is 0 Å². The molecule has 9 nitrogen and oxygen atoms in total. The Balaban J connectivity index is 1.33. The van der Waals surface area contributed by atoms with Gasteiger partial charge in [-0.3, -0.25) is 14.6 Å². The van der Waals surface area contributed by atoms with E-state index in [0.717, 1.165) is 39.3 Å². The maximum atomic E-state index is 12.7. The molecule has 2 atom stereocenters. The number of pyridine rings is 1. The molecule has 0 unspecified atom stereocenters. The Morgan fingerprint density at radius 2 is 2.07 bits per heavy atom. The number of nitrogens with two attached hydrogens (primary N) is 1. The molecule has 3 fully saturated rings. The van der Waals surface area contributed by atoms with Gasteiger partial charge in [-0.25, -0.2) is 9.78 Å². The van der Waals surface area contributed by atoms with E-state index in [0.29, 0.717) is 31.0 Å². The van der Waals surface area contributed by atoms with Crippen LogP contribution in [0.3, 0.4) is 0 Å². The van der Waals surface area contributed by atoms with Crippen molar-refractivity contribution in [2.45, 2.75) is 18.6 Å². The van der Waals surface area contributed by atoms with Crippen LogP contribution in [0.2, 0.25) is 0 Å². The normalized spacial score (nSPS) is 25.6. The van der Waals surface area contributed by atoms with Crippen LogP contribution >= 0.6 is 0 Å². The lowest BCUT2D eigenvalue weighted by Gasteiger charge is -2.28. The van der Waals surface area contributed by atoms with Gasteiger partial charge in [-0.15, -0.1) is 0 Å². The standard InChI is InChI=1S/C18H25N5O4/c19-16-10-13(2-3-20-16)17(24)22-11-14-15(12-22)27-18(25)23(14)5-1-4-21-6-8-26-9-7-21/h2-3,10,14-15H,1,4-9,11-12H2,(H2,19,20)/t14-,15+/m1/s1. The Labute approximate surface area is 158 Å². The van der Waals surface area contributed by atoms with Gasteiger partial charge in [-0.2, -0.15) is 0 Å². The zero-order chi connectivity index (χ0) is 18.8. The third-order valence-electron chi connectivity index (χ3n) is 5.42. The van der Waals surface area contributed by atoms with Gasteiger partial charge in [0.2, 0.25) is 0 Å². The van der Waals surface area contributed by atoms with Gasteiger partial charge in [0.25, 0.3) is 5.91 Å². The smallest absolute Gasteiger partial charge is 0.410 e. The van der Waals surface area contributed by atoms with E-state index in [1.807, 2.05) is 0 Å². The monoisotopic (exact) mass is 375 g/mol. The Kier molecular flexibility index (Phi) is 5.13. The highest BCUT2D eigenvalue weighted by atomic mass is 16.6. The van der Waals surface area contributed by atoms with E-state index in [-0.39, 0.29) is 24.1 Å². The van der Waals surface area contributed by atoms with Crippen LogP contribution in [-0.2, 0) is 9.47 Å². The topological polar surface area (TPSA) is 101 Å². The average Bonchev–Trinajstić information content (AvgIpc) is 3.20. The molecular weight excluding hydrogens is 350 g/mol. The van der Waals surface area contributed by atoms with Crippen LogP contribution < -0.4 is 5.73 Å². The maximum absolute atomic E-state index is 12.7. The van der Waals surface area contributed by atoms with Gasteiger partial charge < -0.3 is 20.1 Å². The second-order valence-electron chi connectivity index (χ2n) is 7.17. The molecule has 1 aromatic heterocycles. The Morgan fingerprint density at radius 3 is 2.85 bits per heavy atom. The van der Waals surface area contributed by atoms with Crippen molar-refractivity contribution in [2.24, 2.45) is 0 Å². The fourth-order valence-electron chi connectivity index (χ4n) is 3.98. The lowest BCUT2D eigenvalue weighted by atomic mass is 10.2. The number of nitrogen functional groups attached to an aromatic ring is 1. The highest BCUT2D eigenvalue weighted by molar-refractivity contribution is 5.95. The van der Waals surface area contributed by atoms with Gasteiger partial charge in [0, 0.05) is 44.5 Å². The first kappa shape index (κ1) is 18.0. The molecule has 0 radical (unpaired) electrons. The number of anilines is 1. The van der Waals surface area contributed by atoms with Crippen LogP contribution in [0.25, 0.3) is 0 Å². The second-order valence-corrected chi connectivity index (χ2v) is 7.17. The fraction of sp³-hybridized carbons (Fsp3) is 0.611. The van der Waals surface area contributed by atoms with E-state index < -0.39 is 0 Å². The number of hydrogen-bond acceptors (Lipinski definition) is 7. The van der Waals surface area contributed by atoms with E-state index in [4.69, 9.17) is 15.2 Å². The summed E-state index contributed by atoms with van der Waals surface area (Å²) in [4.78, 5) is 34.7. The zero-order valence-corrected chi connectivity index (χ0v) is 15.2. The van der Waals surface area contributed by atoms with Gasteiger partial charge >= 0.3 is 6.09 Å². The third-order valence-corrected chi connectivity index (χ3v) is 5.42. The minimum atomic E-state index is -0.271. The van der Waals surface area contributed by atoms with Crippen LogP contribution in [0.4, 0.5) is 10.6 Å². The Hall–Kier alpha value is -2.39. The van der Waals surface area contributed by atoms with Crippen molar-refractivity contribution in [2.75, 3.05) is 58.2 Å². The molecule has 0 saturated carbocycles. The molecule has 2 N–H and O–H groups in total. The van der Waals surface area contributed by atoms with Gasteiger partial charge in [0.05, 0.1) is 25.8 Å². The molecule has 2 amide bonds. The molecule has 3 saturated heterocycles. The summed E-state index contributed by atoms with van der Waals surface area (Å²) < 4.78 is 10.9. The molecular formula is C18H25N5O4. The van der Waals surface area contributed by atoms with Crippen LogP contribution in [-0.4, -0.2) is 96.3 Å². The average molecular weight is 375 g/mol. The SMILES string of the molecule is Nc1cc(C(=O)N2C[C@@H]3OC(=O)N(CCCN4CCOCC4)[C@@H]3C2)ccn1. The van der Waals surface area contributed by atoms with Crippen molar-refractivity contribution < 1.29 is 19.1 Å². The highest BCUT2D eigenvalue weighted by Gasteiger charge is 2.48. The van der Waals surface area contributed by atoms with Gasteiger partial charge in [0.1, 0.15) is 11.9 Å². The van der Waals surface area contributed by atoms with Crippen molar-refractivity contribution in [3.05, 3.63) is 23.9 Å². The first-order chi connectivity index (χ1) is 13.1. The Morgan fingerprint density at radius 1 is 1.26 bits per heavy atom. The van der Waals surface area contributed by atoms with Crippen LogP contribution in [0.1, 0.15) is 16.8 Å². The number of nitrogens with zero attached hydrogens (tertiary/aromatic N) is 4. The summed E-state index contributed by atoms with van der Waals surface area (Å²) in [5, 5.41) is 0. The first-order valence-electron chi connectivity index (χ1n) is 9.40. The van der Waals surface area contributed by atoms with E-state index in [1.165, 1.54) is 6.20 Å². The molecule has 0 bridgehead atoms. The first-order valence-corrected chi connectivity index (χ1v) is 9.40. The van der Waals surface area contributed by atoms with E-state index in [1.54, 1.807) is 21.9 Å². The summed E-state index contributed by atoms with van der Waals surface area (Å²) in [6, 6.07) is 3.15. The van der Waals surface area contributed by atoms with Gasteiger partial charge in [0.15, 0.2) is 0 Å². The number of rotatable bonds is 5. The number of morpholine rings is 1. The minimum Gasteiger partial charge on any atom is -0.442 e. The fourth-order valence-corrected chi connectivity index (χ4v) is 3.98. The summed E-state index contributed by atoms with van der Waals surface area (Å²) in [6.07, 6.45) is 1.88. The summed E-state index contributed by atoms with van der Waals surface area (Å²) in [5.41, 5.74) is 6.18. The molecule has 146 valence electrons. The van der Waals surface area contributed by atoms with E-state index in [2.05, 4.69) is 9.88 Å². The van der Waals surface area contributed by atoms with E-state index >= 15 is 0 Å². The van der Waals surface area contributed by atoms with Crippen LogP contribution in [0, 0.1) is 0 Å². The van der Waals surface area contributed by atoms with Gasteiger partial charge in [-0.1, -0.05) is 0 Å². The number of hydrogen-bond donors (Lipinski definition) is 1. The lowest BCUT2D eigenvalue weighted by Crippen LogP contribution is -2.42.